The Balaban J connectivity index is 2.26. The summed E-state index contributed by atoms with van der Waals surface area (Å²) in [5.74, 6) is 0.544. The van der Waals surface area contributed by atoms with Gasteiger partial charge in [-0.3, -0.25) is 4.79 Å². The number of ether oxygens (including phenoxy) is 4. The second kappa shape index (κ2) is 11.6. The molecule has 2 aromatic rings. The molecule has 2 amide bonds. The van der Waals surface area contributed by atoms with Crippen molar-refractivity contribution in [2.24, 2.45) is 0 Å². The van der Waals surface area contributed by atoms with Crippen LogP contribution in [0.1, 0.15) is 31.9 Å². The van der Waals surface area contributed by atoms with Gasteiger partial charge in [0.1, 0.15) is 28.8 Å². The van der Waals surface area contributed by atoms with Gasteiger partial charge in [-0.05, 0) is 51.0 Å². The number of rotatable bonds is 9. The van der Waals surface area contributed by atoms with Crippen LogP contribution in [0.25, 0.3) is 0 Å². The van der Waals surface area contributed by atoms with E-state index in [0.717, 1.165) is 11.1 Å². The van der Waals surface area contributed by atoms with Crippen LogP contribution in [0, 0.1) is 6.92 Å². The van der Waals surface area contributed by atoms with E-state index in [1.807, 2.05) is 49.4 Å². The first-order chi connectivity index (χ1) is 15.6. The van der Waals surface area contributed by atoms with E-state index >= 15 is 0 Å². The molecular weight excluding hydrogens is 424 g/mol. The summed E-state index contributed by atoms with van der Waals surface area (Å²) in [5.41, 5.74) is 1.62. The van der Waals surface area contributed by atoms with Crippen LogP contribution in [-0.2, 0) is 20.9 Å². The summed E-state index contributed by atoms with van der Waals surface area (Å²) in [5, 5.41) is 2.64. The van der Waals surface area contributed by atoms with Crippen LogP contribution in [0.3, 0.4) is 0 Å². The molecular formula is C25H34N2O6. The number of likely N-dealkylation sites (N-methyl/N-ethyl adjacent to an activating group) is 1. The van der Waals surface area contributed by atoms with Gasteiger partial charge < -0.3 is 29.2 Å². The van der Waals surface area contributed by atoms with Crippen molar-refractivity contribution in [1.82, 2.24) is 5.32 Å². The van der Waals surface area contributed by atoms with Gasteiger partial charge >= 0.3 is 6.09 Å². The van der Waals surface area contributed by atoms with E-state index in [-0.39, 0.29) is 6.61 Å². The lowest BCUT2D eigenvalue weighted by Crippen LogP contribution is -2.51. The van der Waals surface area contributed by atoms with Crippen LogP contribution >= 0.6 is 0 Å². The molecule has 8 nitrogen and oxygen atoms in total. The normalized spacial score (nSPS) is 12.0. The molecule has 2 rings (SSSR count). The predicted molar refractivity (Wildman–Crippen MR) is 127 cm³/mol. The number of nitrogens with one attached hydrogen (secondary N) is 1. The first-order valence-electron chi connectivity index (χ1n) is 10.7. The maximum absolute atomic E-state index is 13.5. The first kappa shape index (κ1) is 26.0. The topological polar surface area (TPSA) is 86.3 Å². The fraction of sp³-hybridized carbons (Fsp3) is 0.440. The van der Waals surface area contributed by atoms with Crippen LogP contribution < -0.4 is 19.7 Å². The van der Waals surface area contributed by atoms with Crippen molar-refractivity contribution < 1.29 is 28.5 Å². The Kier molecular flexibility index (Phi) is 9.11. The Morgan fingerprint density at radius 2 is 1.61 bits per heavy atom. The number of benzene rings is 2. The molecule has 0 saturated carbocycles. The molecule has 0 saturated heterocycles. The van der Waals surface area contributed by atoms with Gasteiger partial charge in [0.2, 0.25) is 0 Å². The van der Waals surface area contributed by atoms with Gasteiger partial charge in [0.15, 0.2) is 0 Å². The van der Waals surface area contributed by atoms with E-state index in [9.17, 15) is 9.59 Å². The summed E-state index contributed by atoms with van der Waals surface area (Å²) in [6.07, 6.45) is -0.708. The van der Waals surface area contributed by atoms with Crippen molar-refractivity contribution in [1.29, 1.82) is 0 Å². The summed E-state index contributed by atoms with van der Waals surface area (Å²) in [7, 11) is 4.64. The number of nitrogens with zero attached hydrogens (tertiary/aromatic N) is 1. The van der Waals surface area contributed by atoms with E-state index in [1.54, 1.807) is 27.8 Å². The van der Waals surface area contributed by atoms with Crippen molar-refractivity contribution in [3.63, 3.8) is 0 Å². The average molecular weight is 459 g/mol. The highest BCUT2D eigenvalue weighted by molar-refractivity contribution is 6.01. The summed E-state index contributed by atoms with van der Waals surface area (Å²) >= 11 is 0. The SMILES string of the molecule is COc1cc(C)cc(OC)c1N(C)C(=O)C(COCc1ccccc1)NC(=O)OC(C)(C)C. The smallest absolute Gasteiger partial charge is 0.408 e. The molecule has 1 unspecified atom stereocenters. The molecule has 0 spiro atoms. The molecule has 0 bridgehead atoms. The molecule has 0 aliphatic heterocycles. The van der Waals surface area contributed by atoms with Gasteiger partial charge in [0.05, 0.1) is 27.4 Å². The number of amides is 2. The number of aryl methyl sites for hydroxylation is 1. The van der Waals surface area contributed by atoms with Crippen molar-refractivity contribution in [3.8, 4) is 11.5 Å². The summed E-state index contributed by atoms with van der Waals surface area (Å²) in [6, 6.07) is 12.2. The standard InChI is InChI=1S/C25H34N2O6/c1-17-13-20(30-6)22(21(14-17)31-7)27(5)23(28)19(26-24(29)33-25(2,3)4)16-32-15-18-11-9-8-10-12-18/h8-14,19H,15-16H2,1-7H3,(H,26,29). The molecule has 1 N–H and O–H groups in total. The summed E-state index contributed by atoms with van der Waals surface area (Å²) in [6.45, 7) is 7.41. The Morgan fingerprint density at radius 3 is 2.12 bits per heavy atom. The third kappa shape index (κ3) is 7.68. The summed E-state index contributed by atoms with van der Waals surface area (Å²) < 4.78 is 22.1. The van der Waals surface area contributed by atoms with Crippen LogP contribution in [0.4, 0.5) is 10.5 Å². The van der Waals surface area contributed by atoms with Crippen LogP contribution in [0.5, 0.6) is 11.5 Å². The lowest BCUT2D eigenvalue weighted by molar-refractivity contribution is -0.122. The first-order valence-corrected chi connectivity index (χ1v) is 10.7. The second-order valence-corrected chi connectivity index (χ2v) is 8.61. The Hall–Kier alpha value is -3.26. The molecule has 0 fully saturated rings. The van der Waals surface area contributed by atoms with E-state index in [1.165, 1.54) is 19.1 Å². The van der Waals surface area contributed by atoms with Gasteiger partial charge in [-0.25, -0.2) is 4.79 Å². The highest BCUT2D eigenvalue weighted by atomic mass is 16.6. The lowest BCUT2D eigenvalue weighted by Gasteiger charge is -2.28. The fourth-order valence-corrected chi connectivity index (χ4v) is 3.19. The van der Waals surface area contributed by atoms with Crippen molar-refractivity contribution >= 4 is 17.7 Å². The molecule has 1 atom stereocenters. The second-order valence-electron chi connectivity index (χ2n) is 8.61. The molecule has 2 aromatic carbocycles. The maximum Gasteiger partial charge on any atom is 0.408 e. The lowest BCUT2D eigenvalue weighted by atomic mass is 10.1. The number of methoxy groups -OCH3 is 2. The number of carbonyl (C=O) groups is 2. The minimum atomic E-state index is -0.996. The Bertz CT molecular complexity index is 915. The van der Waals surface area contributed by atoms with Gasteiger partial charge in [-0.1, -0.05) is 30.3 Å². The van der Waals surface area contributed by atoms with Gasteiger partial charge in [-0.15, -0.1) is 0 Å². The van der Waals surface area contributed by atoms with Crippen LogP contribution in [-0.4, -0.2) is 51.5 Å². The third-order valence-corrected chi connectivity index (χ3v) is 4.68. The van der Waals surface area contributed by atoms with Crippen LogP contribution in [0.15, 0.2) is 42.5 Å². The van der Waals surface area contributed by atoms with Crippen molar-refractivity contribution in [2.75, 3.05) is 32.8 Å². The molecule has 0 radical (unpaired) electrons. The number of hydrogen-bond acceptors (Lipinski definition) is 6. The minimum Gasteiger partial charge on any atom is -0.494 e. The van der Waals surface area contributed by atoms with E-state index in [0.29, 0.717) is 23.8 Å². The molecule has 8 heteroatoms. The molecule has 0 aliphatic carbocycles. The molecule has 0 heterocycles. The van der Waals surface area contributed by atoms with E-state index < -0.39 is 23.6 Å². The zero-order chi connectivity index (χ0) is 24.6. The predicted octanol–water partition coefficient (Wildman–Crippen LogP) is 4.09. The maximum atomic E-state index is 13.5. The largest absolute Gasteiger partial charge is 0.494 e. The molecule has 33 heavy (non-hydrogen) atoms. The number of anilines is 1. The monoisotopic (exact) mass is 458 g/mol. The zero-order valence-corrected chi connectivity index (χ0v) is 20.4. The fourth-order valence-electron chi connectivity index (χ4n) is 3.19. The minimum absolute atomic E-state index is 0.0478. The average Bonchev–Trinajstić information content (AvgIpc) is 2.76. The van der Waals surface area contributed by atoms with Gasteiger partial charge in [0, 0.05) is 7.05 Å². The van der Waals surface area contributed by atoms with Crippen LogP contribution in [0.2, 0.25) is 0 Å². The number of hydrogen-bond donors (Lipinski definition) is 1. The molecule has 0 aromatic heterocycles. The molecule has 0 aliphatic rings. The Labute approximate surface area is 195 Å². The third-order valence-electron chi connectivity index (χ3n) is 4.68. The van der Waals surface area contributed by atoms with E-state index in [4.69, 9.17) is 18.9 Å². The molecule has 180 valence electrons. The quantitative estimate of drug-likeness (QED) is 0.609. The van der Waals surface area contributed by atoms with Crippen molar-refractivity contribution in [2.45, 2.75) is 45.9 Å². The highest BCUT2D eigenvalue weighted by Crippen LogP contribution is 2.38. The highest BCUT2D eigenvalue weighted by Gasteiger charge is 2.30. The zero-order valence-electron chi connectivity index (χ0n) is 20.4. The number of carbonyl (C=O) groups excluding carboxylic acids is 2. The van der Waals surface area contributed by atoms with Crippen molar-refractivity contribution in [3.05, 3.63) is 53.6 Å². The Morgan fingerprint density at radius 1 is 1.03 bits per heavy atom. The van der Waals surface area contributed by atoms with Gasteiger partial charge in [0.25, 0.3) is 5.91 Å². The summed E-state index contributed by atoms with van der Waals surface area (Å²) in [4.78, 5) is 27.3. The number of alkyl carbamates (subject to hydrolysis) is 1. The van der Waals surface area contributed by atoms with Gasteiger partial charge in [-0.2, -0.15) is 0 Å². The van der Waals surface area contributed by atoms with E-state index in [2.05, 4.69) is 5.32 Å².